The number of hydrogen-bond acceptors (Lipinski definition) is 3. The maximum atomic E-state index is 4.79. The molecule has 0 saturated carbocycles. The van der Waals surface area contributed by atoms with E-state index in [2.05, 4.69) is 50.8 Å². The third-order valence-corrected chi connectivity index (χ3v) is 4.65. The molecule has 1 aromatic carbocycles. The molecule has 0 unspecified atom stereocenters. The molecule has 1 aliphatic rings. The Balaban J connectivity index is 1.63. The van der Waals surface area contributed by atoms with E-state index in [-0.39, 0.29) is 0 Å². The van der Waals surface area contributed by atoms with Gasteiger partial charge in [-0.1, -0.05) is 30.3 Å². The average molecular weight is 306 g/mol. The maximum Gasteiger partial charge on any atom is 0.177 e. The molecule has 3 aromatic rings. The van der Waals surface area contributed by atoms with Gasteiger partial charge in [-0.3, -0.25) is 0 Å². The van der Waals surface area contributed by atoms with Gasteiger partial charge >= 0.3 is 0 Å². The first-order chi connectivity index (χ1) is 11.4. The maximum absolute atomic E-state index is 4.79. The fourth-order valence-corrected chi connectivity index (χ4v) is 3.42. The zero-order valence-electron chi connectivity index (χ0n) is 13.4. The first-order valence-corrected chi connectivity index (χ1v) is 8.46. The number of benzene rings is 1. The Kier molecular flexibility index (Phi) is 4.07. The molecule has 0 N–H and O–H groups in total. The molecule has 4 rings (SSSR count). The minimum absolute atomic E-state index is 0.858. The van der Waals surface area contributed by atoms with E-state index in [0.717, 1.165) is 36.5 Å². The number of fused-ring (bicyclic) bond motifs is 1. The van der Waals surface area contributed by atoms with E-state index in [9.17, 15) is 0 Å². The van der Waals surface area contributed by atoms with E-state index in [1.807, 2.05) is 12.3 Å². The first-order valence-electron chi connectivity index (χ1n) is 8.46. The molecule has 2 aromatic heterocycles. The molecule has 3 heterocycles. The van der Waals surface area contributed by atoms with Gasteiger partial charge in [0.1, 0.15) is 5.82 Å². The van der Waals surface area contributed by atoms with Crippen LogP contribution in [0.1, 0.15) is 24.2 Å². The predicted octanol–water partition coefficient (Wildman–Crippen LogP) is 3.12. The van der Waals surface area contributed by atoms with Crippen molar-refractivity contribution in [2.24, 2.45) is 0 Å². The molecule has 0 amide bonds. The average Bonchev–Trinajstić information content (AvgIpc) is 3.21. The monoisotopic (exact) mass is 306 g/mol. The van der Waals surface area contributed by atoms with Crippen molar-refractivity contribution in [3.63, 3.8) is 0 Å². The number of imidazole rings is 1. The molecule has 0 aliphatic carbocycles. The molecule has 23 heavy (non-hydrogen) atoms. The lowest BCUT2D eigenvalue weighted by atomic mass is 10.1. The number of likely N-dealkylation sites (tertiary alicyclic amines) is 1. The van der Waals surface area contributed by atoms with Crippen molar-refractivity contribution in [1.82, 2.24) is 19.4 Å². The van der Waals surface area contributed by atoms with Crippen molar-refractivity contribution in [2.75, 3.05) is 19.6 Å². The van der Waals surface area contributed by atoms with Gasteiger partial charge < -0.3 is 9.47 Å². The summed E-state index contributed by atoms with van der Waals surface area (Å²) in [7, 11) is 0. The second-order valence-electron chi connectivity index (χ2n) is 6.24. The molecule has 0 bridgehead atoms. The smallest absolute Gasteiger partial charge is 0.177 e. The fourth-order valence-electron chi connectivity index (χ4n) is 3.42. The SMILES string of the molecule is c1ccc(Cc2nc3ncccc3n2CCN2CCCC2)cc1. The van der Waals surface area contributed by atoms with Crippen LogP contribution in [-0.2, 0) is 13.0 Å². The summed E-state index contributed by atoms with van der Waals surface area (Å²) in [5, 5.41) is 0. The molecule has 4 nitrogen and oxygen atoms in total. The second kappa shape index (κ2) is 6.50. The summed E-state index contributed by atoms with van der Waals surface area (Å²) in [6, 6.07) is 14.7. The second-order valence-corrected chi connectivity index (χ2v) is 6.24. The largest absolute Gasteiger partial charge is 0.325 e. The quantitative estimate of drug-likeness (QED) is 0.726. The van der Waals surface area contributed by atoms with Crippen LogP contribution in [0.4, 0.5) is 0 Å². The van der Waals surface area contributed by atoms with Gasteiger partial charge in [-0.05, 0) is 43.6 Å². The Morgan fingerprint density at radius 1 is 0.913 bits per heavy atom. The number of hydrogen-bond donors (Lipinski definition) is 0. The molecule has 1 saturated heterocycles. The van der Waals surface area contributed by atoms with Crippen molar-refractivity contribution in [3.05, 3.63) is 60.0 Å². The Hall–Kier alpha value is -2.20. The molecule has 0 spiro atoms. The number of rotatable bonds is 5. The van der Waals surface area contributed by atoms with Crippen molar-refractivity contribution in [2.45, 2.75) is 25.8 Å². The van der Waals surface area contributed by atoms with Gasteiger partial charge in [0, 0.05) is 25.7 Å². The molecule has 0 radical (unpaired) electrons. The molecule has 1 aliphatic heterocycles. The molecule has 4 heteroatoms. The summed E-state index contributed by atoms with van der Waals surface area (Å²) in [6.07, 6.45) is 5.36. The Bertz CT molecular complexity index is 772. The van der Waals surface area contributed by atoms with Crippen molar-refractivity contribution >= 4 is 11.2 Å². The summed E-state index contributed by atoms with van der Waals surface area (Å²) >= 11 is 0. The van der Waals surface area contributed by atoms with Crippen LogP contribution in [0.2, 0.25) is 0 Å². The van der Waals surface area contributed by atoms with Gasteiger partial charge in [-0.15, -0.1) is 0 Å². The van der Waals surface area contributed by atoms with Crippen LogP contribution in [0.5, 0.6) is 0 Å². The van der Waals surface area contributed by atoms with Crippen LogP contribution in [0.25, 0.3) is 11.2 Å². The van der Waals surface area contributed by atoms with Gasteiger partial charge in [0.05, 0.1) is 5.52 Å². The Labute approximate surface area is 136 Å². The van der Waals surface area contributed by atoms with Gasteiger partial charge in [0.2, 0.25) is 0 Å². The van der Waals surface area contributed by atoms with Gasteiger partial charge in [0.25, 0.3) is 0 Å². The molecular formula is C19H22N4. The highest BCUT2D eigenvalue weighted by Gasteiger charge is 2.15. The summed E-state index contributed by atoms with van der Waals surface area (Å²) < 4.78 is 2.35. The van der Waals surface area contributed by atoms with Crippen LogP contribution in [0, 0.1) is 0 Å². The lowest BCUT2D eigenvalue weighted by Gasteiger charge is -2.16. The third-order valence-electron chi connectivity index (χ3n) is 4.65. The predicted molar refractivity (Wildman–Crippen MR) is 92.5 cm³/mol. The van der Waals surface area contributed by atoms with Gasteiger partial charge in [-0.25, -0.2) is 9.97 Å². The highest BCUT2D eigenvalue weighted by molar-refractivity contribution is 5.71. The highest BCUT2D eigenvalue weighted by atomic mass is 15.2. The van der Waals surface area contributed by atoms with E-state index in [1.165, 1.54) is 31.5 Å². The molecular weight excluding hydrogens is 284 g/mol. The van der Waals surface area contributed by atoms with Crippen molar-refractivity contribution in [3.8, 4) is 0 Å². The highest BCUT2D eigenvalue weighted by Crippen LogP contribution is 2.18. The number of nitrogens with zero attached hydrogens (tertiary/aromatic N) is 4. The van der Waals surface area contributed by atoms with Crippen LogP contribution in [0.3, 0.4) is 0 Å². The van der Waals surface area contributed by atoms with Crippen molar-refractivity contribution in [1.29, 1.82) is 0 Å². The number of aromatic nitrogens is 3. The van der Waals surface area contributed by atoms with Crippen LogP contribution in [0.15, 0.2) is 48.7 Å². The minimum atomic E-state index is 0.858. The Morgan fingerprint density at radius 2 is 1.74 bits per heavy atom. The zero-order chi connectivity index (χ0) is 15.5. The standard InChI is InChI=1S/C19H22N4/c1-2-7-16(8-3-1)15-18-21-19-17(9-6-10-20-19)23(18)14-13-22-11-4-5-12-22/h1-3,6-10H,4-5,11-15H2. The molecule has 0 atom stereocenters. The lowest BCUT2D eigenvalue weighted by Crippen LogP contribution is -2.24. The fraction of sp³-hybridized carbons (Fsp3) is 0.368. The summed E-state index contributed by atoms with van der Waals surface area (Å²) in [4.78, 5) is 11.8. The van der Waals surface area contributed by atoms with E-state index in [1.54, 1.807) is 0 Å². The third kappa shape index (κ3) is 3.13. The zero-order valence-corrected chi connectivity index (χ0v) is 13.4. The summed E-state index contributed by atoms with van der Waals surface area (Å²) in [6.45, 7) is 4.56. The van der Waals surface area contributed by atoms with Crippen molar-refractivity contribution < 1.29 is 0 Å². The number of pyridine rings is 1. The normalized spacial score (nSPS) is 15.5. The van der Waals surface area contributed by atoms with E-state index in [0.29, 0.717) is 0 Å². The van der Waals surface area contributed by atoms with E-state index in [4.69, 9.17) is 4.98 Å². The Morgan fingerprint density at radius 3 is 2.57 bits per heavy atom. The van der Waals surface area contributed by atoms with Gasteiger partial charge in [-0.2, -0.15) is 0 Å². The topological polar surface area (TPSA) is 34.0 Å². The van der Waals surface area contributed by atoms with E-state index >= 15 is 0 Å². The summed E-state index contributed by atoms with van der Waals surface area (Å²) in [5.41, 5.74) is 3.31. The lowest BCUT2D eigenvalue weighted by molar-refractivity contribution is 0.322. The van der Waals surface area contributed by atoms with Crippen LogP contribution in [-0.4, -0.2) is 39.1 Å². The minimum Gasteiger partial charge on any atom is -0.325 e. The van der Waals surface area contributed by atoms with Crippen LogP contribution >= 0.6 is 0 Å². The van der Waals surface area contributed by atoms with Crippen LogP contribution < -0.4 is 0 Å². The summed E-state index contributed by atoms with van der Waals surface area (Å²) in [5.74, 6) is 1.11. The van der Waals surface area contributed by atoms with Gasteiger partial charge in [0.15, 0.2) is 5.65 Å². The van der Waals surface area contributed by atoms with E-state index < -0.39 is 0 Å². The first kappa shape index (κ1) is 14.4. The molecule has 1 fully saturated rings. The molecule has 118 valence electrons.